The van der Waals surface area contributed by atoms with E-state index in [1.165, 1.54) is 4.90 Å². The summed E-state index contributed by atoms with van der Waals surface area (Å²) in [5, 5.41) is 4.96. The lowest BCUT2D eigenvalue weighted by atomic mass is 10.1. The molecule has 0 saturated heterocycles. The van der Waals surface area contributed by atoms with Gasteiger partial charge in [0.1, 0.15) is 6.54 Å². The molecule has 0 fully saturated rings. The third-order valence-corrected chi connectivity index (χ3v) is 7.33. The molecule has 8 heteroatoms. The molecule has 38 heavy (non-hydrogen) atoms. The first-order chi connectivity index (χ1) is 18.4. The second-order valence-corrected chi connectivity index (χ2v) is 9.94. The number of hydrogen-bond donors (Lipinski definition) is 1. The fourth-order valence-corrected chi connectivity index (χ4v) is 4.96. The van der Waals surface area contributed by atoms with Crippen LogP contribution in [0.2, 0.25) is 0 Å². The topological polar surface area (TPSA) is 71.1 Å². The summed E-state index contributed by atoms with van der Waals surface area (Å²) in [6.07, 6.45) is 3.14. The molecule has 0 saturated carbocycles. The predicted molar refractivity (Wildman–Crippen MR) is 154 cm³/mol. The number of nitrogens with zero attached hydrogens (tertiary/aromatic N) is 2. The number of nitrogens with one attached hydrogen (secondary N) is 1. The summed E-state index contributed by atoms with van der Waals surface area (Å²) in [5.74, 6) is 1.18. The minimum absolute atomic E-state index is 0.0539. The molecule has 7 nitrogen and oxygen atoms in total. The summed E-state index contributed by atoms with van der Waals surface area (Å²) in [6.45, 7) is 9.07. The molecular formula is C30H37N3O4S. The number of anilines is 1. The third kappa shape index (κ3) is 7.86. The number of ether oxygens (including phenoxy) is 2. The smallest absolute Gasteiger partial charge is 0.322 e. The fraction of sp³-hybridized carbons (Fsp3) is 0.333. The van der Waals surface area contributed by atoms with Gasteiger partial charge in [0.15, 0.2) is 11.5 Å². The second-order valence-electron chi connectivity index (χ2n) is 8.93. The highest BCUT2D eigenvalue weighted by molar-refractivity contribution is 7.10. The van der Waals surface area contributed by atoms with Gasteiger partial charge >= 0.3 is 6.03 Å². The Kier molecular flexibility index (Phi) is 10.8. The average molecular weight is 536 g/mol. The van der Waals surface area contributed by atoms with Crippen molar-refractivity contribution in [3.8, 4) is 11.5 Å². The van der Waals surface area contributed by atoms with Crippen LogP contribution in [0.3, 0.4) is 0 Å². The molecule has 1 heterocycles. The van der Waals surface area contributed by atoms with Crippen LogP contribution in [0.1, 0.15) is 28.5 Å². The van der Waals surface area contributed by atoms with Crippen molar-refractivity contribution in [3.63, 3.8) is 0 Å². The molecule has 3 rings (SSSR count). The minimum atomic E-state index is -0.335. The number of hydrogen-bond acceptors (Lipinski definition) is 5. The quantitative estimate of drug-likeness (QED) is 0.276. The second kappa shape index (κ2) is 14.2. The summed E-state index contributed by atoms with van der Waals surface area (Å²) in [4.78, 5) is 31.1. The molecule has 0 aliphatic carbocycles. The van der Waals surface area contributed by atoms with Crippen molar-refractivity contribution in [2.75, 3.05) is 39.2 Å². The van der Waals surface area contributed by atoms with E-state index in [4.69, 9.17) is 9.47 Å². The van der Waals surface area contributed by atoms with E-state index in [2.05, 4.69) is 24.9 Å². The molecule has 0 bridgehead atoms. The molecule has 0 spiro atoms. The molecule has 0 atom stereocenters. The molecule has 3 aromatic rings. The average Bonchev–Trinajstić information content (AvgIpc) is 3.34. The Labute approximate surface area is 229 Å². The third-order valence-electron chi connectivity index (χ3n) is 6.32. The molecule has 0 aliphatic heterocycles. The number of benzene rings is 2. The van der Waals surface area contributed by atoms with Gasteiger partial charge in [0.2, 0.25) is 5.91 Å². The Hall–Kier alpha value is -3.78. The molecule has 2 aromatic carbocycles. The lowest BCUT2D eigenvalue weighted by molar-refractivity contribution is -0.132. The van der Waals surface area contributed by atoms with Gasteiger partial charge in [-0.3, -0.25) is 4.79 Å². The van der Waals surface area contributed by atoms with E-state index >= 15 is 0 Å². The molecule has 1 aromatic heterocycles. The SMILES string of the molecule is C=CCN(CC(=O)N(CCc1ccc(OC)c(OC)c1)Cc1sccc1C)C(=O)Nc1cccc(CC)c1. The highest BCUT2D eigenvalue weighted by Crippen LogP contribution is 2.28. The number of urea groups is 1. The van der Waals surface area contributed by atoms with E-state index in [9.17, 15) is 9.59 Å². The van der Waals surface area contributed by atoms with Crippen LogP contribution in [0.25, 0.3) is 0 Å². The first kappa shape index (κ1) is 28.8. The first-order valence-electron chi connectivity index (χ1n) is 12.7. The van der Waals surface area contributed by atoms with E-state index in [1.807, 2.05) is 59.7 Å². The number of aryl methyl sites for hydroxylation is 2. The molecule has 0 aliphatic rings. The maximum Gasteiger partial charge on any atom is 0.322 e. The van der Waals surface area contributed by atoms with E-state index < -0.39 is 0 Å². The maximum absolute atomic E-state index is 13.6. The molecular weight excluding hydrogens is 498 g/mol. The fourth-order valence-electron chi connectivity index (χ4n) is 4.04. The Morgan fingerprint density at radius 2 is 1.82 bits per heavy atom. The van der Waals surface area contributed by atoms with Gasteiger partial charge in [0, 0.05) is 23.7 Å². The summed E-state index contributed by atoms with van der Waals surface area (Å²) in [7, 11) is 3.21. The normalized spacial score (nSPS) is 10.5. The number of rotatable bonds is 13. The van der Waals surface area contributed by atoms with E-state index in [0.717, 1.165) is 28.0 Å². The van der Waals surface area contributed by atoms with Gasteiger partial charge in [-0.1, -0.05) is 31.2 Å². The number of thiophene rings is 1. The van der Waals surface area contributed by atoms with E-state index in [1.54, 1.807) is 31.6 Å². The van der Waals surface area contributed by atoms with Crippen LogP contribution in [0.15, 0.2) is 66.6 Å². The summed E-state index contributed by atoms with van der Waals surface area (Å²) < 4.78 is 10.8. The van der Waals surface area contributed by atoms with Crippen LogP contribution in [0, 0.1) is 6.92 Å². The number of methoxy groups -OCH3 is 2. The van der Waals surface area contributed by atoms with Gasteiger partial charge in [-0.15, -0.1) is 17.9 Å². The van der Waals surface area contributed by atoms with Crippen molar-refractivity contribution in [3.05, 3.63) is 88.1 Å². The predicted octanol–water partition coefficient (Wildman–Crippen LogP) is 5.93. The summed E-state index contributed by atoms with van der Waals surface area (Å²) in [5.41, 5.74) is 4.01. The highest BCUT2D eigenvalue weighted by atomic mass is 32.1. The number of carbonyl (C=O) groups is 2. The lowest BCUT2D eigenvalue weighted by Gasteiger charge is -2.27. The van der Waals surface area contributed by atoms with Crippen LogP contribution in [0.4, 0.5) is 10.5 Å². The Morgan fingerprint density at radius 1 is 1.03 bits per heavy atom. The van der Waals surface area contributed by atoms with Gasteiger partial charge in [-0.05, 0) is 72.2 Å². The van der Waals surface area contributed by atoms with Gasteiger partial charge in [0.25, 0.3) is 0 Å². The molecule has 0 unspecified atom stereocenters. The van der Waals surface area contributed by atoms with Crippen LogP contribution < -0.4 is 14.8 Å². The summed E-state index contributed by atoms with van der Waals surface area (Å²) in [6, 6.07) is 15.2. The van der Waals surface area contributed by atoms with Crippen LogP contribution in [-0.2, 0) is 24.2 Å². The van der Waals surface area contributed by atoms with E-state index in [-0.39, 0.29) is 25.0 Å². The van der Waals surface area contributed by atoms with Crippen molar-refractivity contribution < 1.29 is 19.1 Å². The van der Waals surface area contributed by atoms with Crippen molar-refractivity contribution in [2.45, 2.75) is 33.2 Å². The highest BCUT2D eigenvalue weighted by Gasteiger charge is 2.22. The number of carbonyl (C=O) groups excluding carboxylic acids is 2. The van der Waals surface area contributed by atoms with Crippen LogP contribution >= 0.6 is 11.3 Å². The molecule has 1 N–H and O–H groups in total. The Morgan fingerprint density at radius 3 is 2.47 bits per heavy atom. The monoisotopic (exact) mass is 535 g/mol. The zero-order valence-corrected chi connectivity index (χ0v) is 23.5. The Bertz CT molecular complexity index is 1240. The van der Waals surface area contributed by atoms with Gasteiger partial charge in [0.05, 0.1) is 20.8 Å². The van der Waals surface area contributed by atoms with Crippen molar-refractivity contribution in [2.24, 2.45) is 0 Å². The van der Waals surface area contributed by atoms with Gasteiger partial charge in [-0.25, -0.2) is 4.79 Å². The molecule has 3 amide bonds. The first-order valence-corrected chi connectivity index (χ1v) is 13.5. The molecule has 0 radical (unpaired) electrons. The zero-order chi connectivity index (χ0) is 27.5. The van der Waals surface area contributed by atoms with E-state index in [0.29, 0.717) is 36.7 Å². The zero-order valence-electron chi connectivity index (χ0n) is 22.7. The van der Waals surface area contributed by atoms with Crippen molar-refractivity contribution in [1.29, 1.82) is 0 Å². The van der Waals surface area contributed by atoms with Crippen molar-refractivity contribution in [1.82, 2.24) is 9.80 Å². The standard InChI is InChI=1S/C30H37N3O4S/c1-6-15-33(30(35)31-25-10-8-9-23(7-2)18-25)21-29(34)32(20-28-22(3)14-17-38-28)16-13-24-11-12-26(36-4)27(19-24)37-5/h6,8-12,14,17-19H,1,7,13,15-16,20-21H2,2-5H3,(H,31,35). The van der Waals surface area contributed by atoms with Crippen LogP contribution in [0.5, 0.6) is 11.5 Å². The lowest BCUT2D eigenvalue weighted by Crippen LogP contribution is -2.44. The summed E-state index contributed by atoms with van der Waals surface area (Å²) >= 11 is 1.63. The maximum atomic E-state index is 13.6. The van der Waals surface area contributed by atoms with Crippen LogP contribution in [-0.4, -0.2) is 55.6 Å². The Balaban J connectivity index is 1.75. The minimum Gasteiger partial charge on any atom is -0.493 e. The number of amides is 3. The molecule has 202 valence electrons. The van der Waals surface area contributed by atoms with Gasteiger partial charge in [-0.2, -0.15) is 0 Å². The van der Waals surface area contributed by atoms with Gasteiger partial charge < -0.3 is 24.6 Å². The van der Waals surface area contributed by atoms with Crippen molar-refractivity contribution >= 4 is 29.0 Å². The largest absolute Gasteiger partial charge is 0.493 e.